The van der Waals surface area contributed by atoms with E-state index in [9.17, 15) is 4.79 Å². The van der Waals surface area contributed by atoms with Crippen molar-refractivity contribution < 1.29 is 14.6 Å². The van der Waals surface area contributed by atoms with Crippen molar-refractivity contribution in [3.8, 4) is 5.75 Å². The Bertz CT molecular complexity index is 330. The lowest BCUT2D eigenvalue weighted by atomic mass is 10.1. The number of thiocarbonyl (C=S) groups is 1. The summed E-state index contributed by atoms with van der Waals surface area (Å²) in [7, 11) is 0. The molecule has 0 unspecified atom stereocenters. The molecule has 0 aliphatic carbocycles. The van der Waals surface area contributed by atoms with E-state index in [1.165, 1.54) is 0 Å². The van der Waals surface area contributed by atoms with Crippen molar-refractivity contribution in [2.24, 2.45) is 5.73 Å². The lowest BCUT2D eigenvalue weighted by Gasteiger charge is -2.07. The van der Waals surface area contributed by atoms with Crippen molar-refractivity contribution in [3.05, 3.63) is 29.8 Å². The molecule has 1 rings (SSSR count). The Balaban J connectivity index is 2.90. The molecule has 0 aromatic heterocycles. The first-order valence-corrected chi connectivity index (χ1v) is 4.27. The second-order valence-corrected chi connectivity index (χ2v) is 3.00. The zero-order chi connectivity index (χ0) is 10.6. The summed E-state index contributed by atoms with van der Waals surface area (Å²) in [5.74, 6) is -0.536. The monoisotopic (exact) mass is 211 g/mol. The number of aliphatic carboxylic acids is 1. The second-order valence-electron chi connectivity index (χ2n) is 2.60. The van der Waals surface area contributed by atoms with Gasteiger partial charge in [0.2, 0.25) is 0 Å². The van der Waals surface area contributed by atoms with Crippen LogP contribution in [0.2, 0.25) is 0 Å². The van der Waals surface area contributed by atoms with Gasteiger partial charge in [-0.25, -0.2) is 0 Å². The van der Waals surface area contributed by atoms with Crippen LogP contribution in [0.1, 0.15) is 5.56 Å². The minimum Gasteiger partial charge on any atom is -0.481 e. The summed E-state index contributed by atoms with van der Waals surface area (Å²) >= 11 is 4.56. The number of ether oxygens (including phenoxy) is 1. The van der Waals surface area contributed by atoms with E-state index in [-0.39, 0.29) is 11.6 Å². The van der Waals surface area contributed by atoms with Crippen LogP contribution in [0.4, 0.5) is 0 Å². The van der Waals surface area contributed by atoms with E-state index in [0.717, 1.165) is 0 Å². The highest BCUT2D eigenvalue weighted by Crippen LogP contribution is 2.18. The molecule has 0 saturated heterocycles. The van der Waals surface area contributed by atoms with Gasteiger partial charge in [0.1, 0.15) is 5.75 Å². The number of hydrogen-bond donors (Lipinski definition) is 2. The Hall–Kier alpha value is -1.62. The number of para-hydroxylation sites is 1. The molecule has 1 aromatic rings. The van der Waals surface area contributed by atoms with Gasteiger partial charge in [0.15, 0.2) is 0 Å². The van der Waals surface area contributed by atoms with E-state index < -0.39 is 5.97 Å². The topological polar surface area (TPSA) is 72.5 Å². The van der Waals surface area contributed by atoms with Crippen LogP contribution in [0, 0.1) is 0 Å². The van der Waals surface area contributed by atoms with Gasteiger partial charge >= 0.3 is 5.97 Å². The van der Waals surface area contributed by atoms with Crippen LogP contribution in [-0.4, -0.2) is 16.3 Å². The summed E-state index contributed by atoms with van der Waals surface area (Å²) in [5, 5.41) is 8.48. The first-order valence-electron chi connectivity index (χ1n) is 3.86. The lowest BCUT2D eigenvalue weighted by molar-refractivity contribution is -0.136. The SMILES string of the molecule is NC(=S)Oc1ccccc1CC(=O)O. The number of hydrogen-bond acceptors (Lipinski definition) is 3. The van der Waals surface area contributed by atoms with E-state index in [2.05, 4.69) is 12.2 Å². The summed E-state index contributed by atoms with van der Waals surface area (Å²) in [4.78, 5) is 10.5. The molecule has 0 heterocycles. The van der Waals surface area contributed by atoms with Crippen LogP contribution in [0.15, 0.2) is 24.3 Å². The van der Waals surface area contributed by atoms with Gasteiger partial charge < -0.3 is 15.6 Å². The average molecular weight is 211 g/mol. The summed E-state index contributed by atoms with van der Waals surface area (Å²) in [5.41, 5.74) is 5.73. The molecule has 3 N–H and O–H groups in total. The number of carbonyl (C=O) groups is 1. The first kappa shape index (κ1) is 10.5. The van der Waals surface area contributed by atoms with Crippen LogP contribution < -0.4 is 10.5 Å². The van der Waals surface area contributed by atoms with Gasteiger partial charge in [-0.05, 0) is 18.3 Å². The maximum absolute atomic E-state index is 10.5. The molecule has 0 spiro atoms. The lowest BCUT2D eigenvalue weighted by Crippen LogP contribution is -2.17. The summed E-state index contributed by atoms with van der Waals surface area (Å²) in [6.07, 6.45) is -0.112. The average Bonchev–Trinajstić information content (AvgIpc) is 2.06. The summed E-state index contributed by atoms with van der Waals surface area (Å²) in [6.45, 7) is 0. The number of carboxylic acid groups (broad SMARTS) is 1. The van der Waals surface area contributed by atoms with Crippen LogP contribution in [-0.2, 0) is 11.2 Å². The number of benzene rings is 1. The normalized spacial score (nSPS) is 9.43. The predicted molar refractivity (Wildman–Crippen MR) is 55.2 cm³/mol. The minimum atomic E-state index is -0.927. The van der Waals surface area contributed by atoms with Crippen molar-refractivity contribution in [2.45, 2.75) is 6.42 Å². The van der Waals surface area contributed by atoms with Crippen molar-refractivity contribution in [3.63, 3.8) is 0 Å². The van der Waals surface area contributed by atoms with Gasteiger partial charge in [0, 0.05) is 5.56 Å². The largest absolute Gasteiger partial charge is 0.481 e. The standard InChI is InChI=1S/C9H9NO3S/c10-9(14)13-7-4-2-1-3-6(7)5-8(11)12/h1-4H,5H2,(H2,10,14)(H,11,12). The molecule has 14 heavy (non-hydrogen) atoms. The minimum absolute atomic E-state index is 0.112. The van der Waals surface area contributed by atoms with Crippen LogP contribution in [0.5, 0.6) is 5.75 Å². The third-order valence-electron chi connectivity index (χ3n) is 1.52. The molecule has 1 aromatic carbocycles. The predicted octanol–water partition coefficient (Wildman–Crippen LogP) is 0.936. The van der Waals surface area contributed by atoms with Crippen molar-refractivity contribution >= 4 is 23.4 Å². The summed E-state index contributed by atoms with van der Waals surface area (Å²) in [6, 6.07) is 6.73. The molecule has 0 bridgehead atoms. The van der Waals surface area contributed by atoms with Gasteiger partial charge in [0.25, 0.3) is 5.17 Å². The van der Waals surface area contributed by atoms with Crippen molar-refractivity contribution in [1.82, 2.24) is 0 Å². The molecule has 0 aliphatic rings. The van der Waals surface area contributed by atoms with Crippen molar-refractivity contribution in [1.29, 1.82) is 0 Å². The second kappa shape index (κ2) is 4.57. The third-order valence-corrected chi connectivity index (χ3v) is 1.61. The van der Waals surface area contributed by atoms with Crippen LogP contribution in [0.3, 0.4) is 0 Å². The molecule has 0 aliphatic heterocycles. The molecule has 5 heteroatoms. The Morgan fingerprint density at radius 2 is 2.14 bits per heavy atom. The van der Waals surface area contributed by atoms with Crippen LogP contribution in [0.25, 0.3) is 0 Å². The van der Waals surface area contributed by atoms with E-state index in [1.807, 2.05) is 0 Å². The molecule has 4 nitrogen and oxygen atoms in total. The Labute approximate surface area is 86.3 Å². The molecule has 0 radical (unpaired) electrons. The molecule has 74 valence electrons. The molecule has 0 amide bonds. The highest BCUT2D eigenvalue weighted by molar-refractivity contribution is 7.80. The number of nitrogens with two attached hydrogens (primary N) is 1. The maximum atomic E-state index is 10.5. The van der Waals surface area contributed by atoms with Gasteiger partial charge in [0.05, 0.1) is 6.42 Å². The zero-order valence-electron chi connectivity index (χ0n) is 7.27. The fourth-order valence-electron chi connectivity index (χ4n) is 1.02. The molecule has 0 atom stereocenters. The van der Waals surface area contributed by atoms with Crippen LogP contribution >= 0.6 is 12.2 Å². The Kier molecular flexibility index (Phi) is 3.41. The highest BCUT2D eigenvalue weighted by atomic mass is 32.1. The maximum Gasteiger partial charge on any atom is 0.307 e. The highest BCUT2D eigenvalue weighted by Gasteiger charge is 2.07. The van der Waals surface area contributed by atoms with E-state index in [4.69, 9.17) is 15.6 Å². The molecular formula is C9H9NO3S. The third kappa shape index (κ3) is 3.02. The first-order chi connectivity index (χ1) is 6.59. The van der Waals surface area contributed by atoms with Gasteiger partial charge in [-0.15, -0.1) is 0 Å². The number of carboxylic acids is 1. The van der Waals surface area contributed by atoms with Gasteiger partial charge in [-0.2, -0.15) is 0 Å². The molecule has 0 saturated carbocycles. The molecule has 0 fully saturated rings. The van der Waals surface area contributed by atoms with E-state index in [1.54, 1.807) is 24.3 Å². The Morgan fingerprint density at radius 1 is 1.50 bits per heavy atom. The van der Waals surface area contributed by atoms with Gasteiger partial charge in [-0.3, -0.25) is 4.79 Å². The smallest absolute Gasteiger partial charge is 0.307 e. The summed E-state index contributed by atoms with van der Waals surface area (Å²) < 4.78 is 4.99. The fourth-order valence-corrected chi connectivity index (χ4v) is 1.11. The van der Waals surface area contributed by atoms with E-state index in [0.29, 0.717) is 11.3 Å². The molecular weight excluding hydrogens is 202 g/mol. The van der Waals surface area contributed by atoms with E-state index >= 15 is 0 Å². The zero-order valence-corrected chi connectivity index (χ0v) is 8.08. The Morgan fingerprint density at radius 3 is 2.71 bits per heavy atom. The van der Waals surface area contributed by atoms with Gasteiger partial charge in [-0.1, -0.05) is 18.2 Å². The van der Waals surface area contributed by atoms with Crippen molar-refractivity contribution in [2.75, 3.05) is 0 Å². The number of rotatable bonds is 3. The quantitative estimate of drug-likeness (QED) is 0.728. The fraction of sp³-hybridized carbons (Fsp3) is 0.111.